The number of nitrogens with zero attached hydrogens (tertiary/aromatic N) is 3. The van der Waals surface area contributed by atoms with Crippen LogP contribution < -0.4 is 11.3 Å². The third kappa shape index (κ3) is 4.87. The summed E-state index contributed by atoms with van der Waals surface area (Å²) in [6.07, 6.45) is 1.02. The highest BCUT2D eigenvalue weighted by Crippen LogP contribution is 2.36. The number of carbonyl (C=O) groups is 1. The Morgan fingerprint density at radius 2 is 1.94 bits per heavy atom. The largest absolute Gasteiger partial charge is 0.462 e. The molecule has 2 N–H and O–H groups in total. The van der Waals surface area contributed by atoms with Crippen LogP contribution in [0.3, 0.4) is 0 Å². The molecule has 2 aromatic carbocycles. The molecule has 0 aliphatic carbocycles. The van der Waals surface area contributed by atoms with E-state index in [0.29, 0.717) is 38.1 Å². The highest BCUT2D eigenvalue weighted by molar-refractivity contribution is 7.98. The number of para-hydroxylation sites is 1. The Morgan fingerprint density at radius 3 is 2.61 bits per heavy atom. The predicted octanol–water partition coefficient (Wildman–Crippen LogP) is 5.88. The predicted molar refractivity (Wildman–Crippen MR) is 145 cm³/mol. The lowest BCUT2D eigenvalue weighted by Crippen LogP contribution is -2.21. The van der Waals surface area contributed by atoms with Crippen molar-refractivity contribution in [1.29, 1.82) is 5.26 Å². The number of nitriles is 1. The molecule has 0 fully saturated rings. The molecule has 4 rings (SSSR count). The second-order valence-corrected chi connectivity index (χ2v) is 10.2. The zero-order valence-corrected chi connectivity index (χ0v) is 21.9. The average Bonchev–Trinajstić information content (AvgIpc) is 3.22. The van der Waals surface area contributed by atoms with Gasteiger partial charge in [0.1, 0.15) is 15.9 Å². The number of esters is 1. The van der Waals surface area contributed by atoms with Gasteiger partial charge in [0.05, 0.1) is 28.8 Å². The van der Waals surface area contributed by atoms with Crippen molar-refractivity contribution in [1.82, 2.24) is 9.55 Å². The molecule has 0 spiro atoms. The number of thiophene rings is 1. The molecule has 0 unspecified atom stereocenters. The van der Waals surface area contributed by atoms with Crippen molar-refractivity contribution in [3.63, 3.8) is 0 Å². The summed E-state index contributed by atoms with van der Waals surface area (Å²) in [5, 5.41) is 10.9. The Hall–Kier alpha value is -3.61. The van der Waals surface area contributed by atoms with E-state index in [9.17, 15) is 14.9 Å². The number of anilines is 1. The maximum atomic E-state index is 13.6. The van der Waals surface area contributed by atoms with Crippen molar-refractivity contribution in [2.24, 2.45) is 0 Å². The van der Waals surface area contributed by atoms with Crippen molar-refractivity contribution >= 4 is 45.0 Å². The number of hydrogen-bond acceptors (Lipinski definition) is 8. The molecule has 0 aliphatic heterocycles. The van der Waals surface area contributed by atoms with Crippen LogP contribution in [0.5, 0.6) is 0 Å². The SMILES string of the molecule is CCOC(=O)c1sc(N)c(C#N)c1CSc1nc2ccccc2c(=O)n1-c1ccc([C@H](C)CC)cc1. The molecule has 7 nitrogen and oxygen atoms in total. The van der Waals surface area contributed by atoms with Gasteiger partial charge in [-0.3, -0.25) is 9.36 Å². The maximum Gasteiger partial charge on any atom is 0.348 e. The van der Waals surface area contributed by atoms with Crippen molar-refractivity contribution in [2.75, 3.05) is 12.3 Å². The van der Waals surface area contributed by atoms with E-state index in [0.717, 1.165) is 17.8 Å². The minimum Gasteiger partial charge on any atom is -0.462 e. The number of thioether (sulfide) groups is 1. The molecule has 2 aromatic heterocycles. The fraction of sp³-hybridized carbons (Fsp3) is 0.259. The van der Waals surface area contributed by atoms with Crippen molar-refractivity contribution < 1.29 is 9.53 Å². The zero-order valence-electron chi connectivity index (χ0n) is 20.3. The molecule has 0 amide bonds. The fourth-order valence-electron chi connectivity index (χ4n) is 3.87. The molecule has 184 valence electrons. The number of benzene rings is 2. The van der Waals surface area contributed by atoms with E-state index in [1.54, 1.807) is 23.6 Å². The molecule has 0 aliphatic rings. The number of hydrogen-bond donors (Lipinski definition) is 1. The molecule has 0 saturated carbocycles. The first-order chi connectivity index (χ1) is 17.4. The minimum atomic E-state index is -0.518. The summed E-state index contributed by atoms with van der Waals surface area (Å²) in [7, 11) is 0. The van der Waals surface area contributed by atoms with Gasteiger partial charge < -0.3 is 10.5 Å². The van der Waals surface area contributed by atoms with E-state index in [1.165, 1.54) is 17.3 Å². The van der Waals surface area contributed by atoms with Gasteiger partial charge in [0.25, 0.3) is 5.56 Å². The first kappa shape index (κ1) is 25.5. The van der Waals surface area contributed by atoms with E-state index in [1.807, 2.05) is 36.4 Å². The van der Waals surface area contributed by atoms with Gasteiger partial charge in [-0.25, -0.2) is 9.78 Å². The van der Waals surface area contributed by atoms with Crippen LogP contribution in [-0.2, 0) is 10.5 Å². The lowest BCUT2D eigenvalue weighted by Gasteiger charge is -2.15. The van der Waals surface area contributed by atoms with Crippen LogP contribution in [0.2, 0.25) is 0 Å². The monoisotopic (exact) mass is 518 g/mol. The summed E-state index contributed by atoms with van der Waals surface area (Å²) >= 11 is 2.32. The number of rotatable bonds is 8. The van der Waals surface area contributed by atoms with Gasteiger partial charge in [-0.15, -0.1) is 11.3 Å². The number of fused-ring (bicyclic) bond motifs is 1. The van der Waals surface area contributed by atoms with Crippen LogP contribution >= 0.6 is 23.1 Å². The Kier molecular flexibility index (Phi) is 7.77. The molecule has 9 heteroatoms. The first-order valence-corrected chi connectivity index (χ1v) is 13.4. The zero-order chi connectivity index (χ0) is 25.8. The van der Waals surface area contributed by atoms with E-state index < -0.39 is 5.97 Å². The van der Waals surface area contributed by atoms with Crippen molar-refractivity contribution in [2.45, 2.75) is 44.0 Å². The quantitative estimate of drug-likeness (QED) is 0.176. The summed E-state index contributed by atoms with van der Waals surface area (Å²) in [5.74, 6) is 0.116. The number of carbonyl (C=O) groups excluding carboxylic acids is 1. The summed E-state index contributed by atoms with van der Waals surface area (Å²) in [6, 6.07) is 17.2. The minimum absolute atomic E-state index is 0.185. The molecule has 36 heavy (non-hydrogen) atoms. The molecular formula is C27H26N4O3S2. The molecule has 1 atom stereocenters. The van der Waals surface area contributed by atoms with Crippen molar-refractivity contribution in [3.05, 3.63) is 80.5 Å². The lowest BCUT2D eigenvalue weighted by molar-refractivity contribution is 0.0531. The van der Waals surface area contributed by atoms with Gasteiger partial charge >= 0.3 is 5.97 Å². The first-order valence-electron chi connectivity index (χ1n) is 11.6. The van der Waals surface area contributed by atoms with Crippen LogP contribution in [0.4, 0.5) is 5.00 Å². The average molecular weight is 519 g/mol. The highest BCUT2D eigenvalue weighted by Gasteiger charge is 2.24. The molecular weight excluding hydrogens is 492 g/mol. The van der Waals surface area contributed by atoms with E-state index in [2.05, 4.69) is 19.9 Å². The molecule has 0 bridgehead atoms. The van der Waals surface area contributed by atoms with Gasteiger partial charge in [0.15, 0.2) is 5.16 Å². The molecule has 2 heterocycles. The normalized spacial score (nSPS) is 11.8. The summed E-state index contributed by atoms with van der Waals surface area (Å²) in [4.78, 5) is 31.2. The van der Waals surface area contributed by atoms with Gasteiger partial charge in [-0.2, -0.15) is 5.26 Å². The van der Waals surface area contributed by atoms with Crippen LogP contribution in [0.25, 0.3) is 16.6 Å². The number of nitrogens with two attached hydrogens (primary N) is 1. The van der Waals surface area contributed by atoms with Gasteiger partial charge in [0.2, 0.25) is 0 Å². The van der Waals surface area contributed by atoms with Crippen LogP contribution in [0.15, 0.2) is 58.5 Å². The van der Waals surface area contributed by atoms with Crippen LogP contribution in [0.1, 0.15) is 59.5 Å². The van der Waals surface area contributed by atoms with Crippen LogP contribution in [-0.4, -0.2) is 22.1 Å². The molecule has 0 radical (unpaired) electrons. The standard InChI is InChI=1S/C27H26N4O3S2/c1-4-16(3)17-10-12-18(13-11-17)31-25(32)19-8-6-7-9-22(19)30-27(31)35-15-21-20(14-28)24(29)36-23(21)26(33)34-5-2/h6-13,16H,4-5,15,29H2,1-3H3/t16-/m1/s1. The van der Waals surface area contributed by atoms with Gasteiger partial charge in [-0.1, -0.05) is 49.9 Å². The topological polar surface area (TPSA) is 111 Å². The highest BCUT2D eigenvalue weighted by atomic mass is 32.2. The Labute approximate surface area is 217 Å². The summed E-state index contributed by atoms with van der Waals surface area (Å²) in [5.41, 5.74) is 9.06. The summed E-state index contributed by atoms with van der Waals surface area (Å²) in [6.45, 7) is 6.24. The molecule has 4 aromatic rings. The van der Waals surface area contributed by atoms with E-state index >= 15 is 0 Å². The second kappa shape index (κ2) is 11.0. The molecule has 0 saturated heterocycles. The number of nitrogen functional groups attached to an aromatic ring is 1. The third-order valence-corrected chi connectivity index (χ3v) is 8.04. The van der Waals surface area contributed by atoms with Crippen molar-refractivity contribution in [3.8, 4) is 11.8 Å². The summed E-state index contributed by atoms with van der Waals surface area (Å²) < 4.78 is 6.75. The Morgan fingerprint density at radius 1 is 1.22 bits per heavy atom. The van der Waals surface area contributed by atoms with Crippen LogP contribution in [0, 0.1) is 11.3 Å². The van der Waals surface area contributed by atoms with Gasteiger partial charge in [0, 0.05) is 11.3 Å². The van der Waals surface area contributed by atoms with Gasteiger partial charge in [-0.05, 0) is 49.1 Å². The maximum absolute atomic E-state index is 13.6. The second-order valence-electron chi connectivity index (χ2n) is 8.22. The van der Waals surface area contributed by atoms with E-state index in [-0.39, 0.29) is 28.5 Å². The number of aromatic nitrogens is 2. The Balaban J connectivity index is 1.81. The third-order valence-electron chi connectivity index (χ3n) is 6.03. The fourth-order valence-corrected chi connectivity index (χ4v) is 5.93. The Bertz CT molecular complexity index is 1520. The number of ether oxygens (including phenoxy) is 1. The smallest absolute Gasteiger partial charge is 0.348 e. The van der Waals surface area contributed by atoms with E-state index in [4.69, 9.17) is 15.5 Å². The lowest BCUT2D eigenvalue weighted by atomic mass is 9.98.